The Labute approximate surface area is 149 Å². The first kappa shape index (κ1) is 16.9. The number of nitrogens with zero attached hydrogens (tertiary/aromatic N) is 1. The molecule has 0 spiro atoms. The van der Waals surface area contributed by atoms with Crippen molar-refractivity contribution in [2.24, 2.45) is 0 Å². The summed E-state index contributed by atoms with van der Waals surface area (Å²) in [5, 5.41) is 3.29. The predicted octanol–water partition coefficient (Wildman–Crippen LogP) is 6.56. The average Bonchev–Trinajstić information content (AvgIpc) is 3.12. The molecule has 2 heteroatoms. The normalized spacial score (nSPS) is 16.8. The molecule has 1 nitrogen and oxygen atoms in total. The lowest BCUT2D eigenvalue weighted by molar-refractivity contribution is 0.831. The van der Waals surface area contributed by atoms with Gasteiger partial charge in [-0.1, -0.05) is 50.3 Å². The van der Waals surface area contributed by atoms with E-state index < -0.39 is 0 Å². The van der Waals surface area contributed by atoms with Gasteiger partial charge in [0.15, 0.2) is 0 Å². The molecule has 0 radical (unpaired) electrons. The van der Waals surface area contributed by atoms with E-state index >= 15 is 0 Å². The van der Waals surface area contributed by atoms with Gasteiger partial charge < -0.3 is 0 Å². The Balaban J connectivity index is 1.92. The van der Waals surface area contributed by atoms with Crippen LogP contribution in [0.1, 0.15) is 61.0 Å². The molecule has 1 aliphatic carbocycles. The minimum atomic E-state index is 0.481. The molecule has 0 fully saturated rings. The van der Waals surface area contributed by atoms with Crippen LogP contribution >= 0.6 is 11.3 Å². The van der Waals surface area contributed by atoms with Crippen LogP contribution in [0.15, 0.2) is 47.4 Å². The van der Waals surface area contributed by atoms with E-state index in [1.807, 2.05) is 0 Å². The van der Waals surface area contributed by atoms with E-state index in [4.69, 9.17) is 4.98 Å². The average molecular weight is 336 g/mol. The lowest BCUT2D eigenvalue weighted by Gasteiger charge is -2.05. The first-order chi connectivity index (χ1) is 11.4. The van der Waals surface area contributed by atoms with Crippen LogP contribution < -0.4 is 0 Å². The molecule has 2 aromatic rings. The van der Waals surface area contributed by atoms with Crippen molar-refractivity contribution in [2.75, 3.05) is 0 Å². The van der Waals surface area contributed by atoms with Gasteiger partial charge in [0.25, 0.3) is 0 Å². The highest BCUT2D eigenvalue weighted by atomic mass is 32.1. The zero-order valence-corrected chi connectivity index (χ0v) is 16.1. The summed E-state index contributed by atoms with van der Waals surface area (Å²) in [6.45, 7) is 15.2. The molecule has 0 atom stereocenters. The van der Waals surface area contributed by atoms with Crippen molar-refractivity contribution < 1.29 is 0 Å². The molecule has 0 N–H and O–H groups in total. The van der Waals surface area contributed by atoms with E-state index in [1.54, 1.807) is 11.3 Å². The third kappa shape index (κ3) is 3.16. The first-order valence-corrected chi connectivity index (χ1v) is 9.37. The standard InChI is InChI=1S/C22H25NS/c1-13(2)21-12-24-22(23-21)16(5)10-15(4)20-11-18-9-14(3)7-8-19(18)17(20)6/h7-10,12-13H,6,11H2,1-5H3/b16-10+,20-15-. The van der Waals surface area contributed by atoms with Gasteiger partial charge in [-0.15, -0.1) is 11.3 Å². The molecule has 0 aliphatic heterocycles. The second-order valence-electron chi connectivity index (χ2n) is 7.04. The van der Waals surface area contributed by atoms with E-state index in [1.165, 1.54) is 44.7 Å². The second kappa shape index (κ2) is 6.52. The van der Waals surface area contributed by atoms with Gasteiger partial charge in [0.05, 0.1) is 5.69 Å². The molecule has 1 heterocycles. The quantitative estimate of drug-likeness (QED) is 0.618. The third-order valence-corrected chi connectivity index (χ3v) is 5.67. The maximum atomic E-state index is 4.76. The van der Waals surface area contributed by atoms with Gasteiger partial charge >= 0.3 is 0 Å². The maximum absolute atomic E-state index is 4.76. The van der Waals surface area contributed by atoms with Crippen molar-refractivity contribution in [1.29, 1.82) is 0 Å². The van der Waals surface area contributed by atoms with Gasteiger partial charge in [-0.25, -0.2) is 4.98 Å². The van der Waals surface area contributed by atoms with Crippen LogP contribution in [0.2, 0.25) is 0 Å². The number of allylic oxidation sites excluding steroid dienone is 5. The van der Waals surface area contributed by atoms with Gasteiger partial charge in [-0.3, -0.25) is 0 Å². The summed E-state index contributed by atoms with van der Waals surface area (Å²) in [5.41, 5.74) is 10.3. The van der Waals surface area contributed by atoms with E-state index in [-0.39, 0.29) is 0 Å². The van der Waals surface area contributed by atoms with Gasteiger partial charge in [0.2, 0.25) is 0 Å². The zero-order chi connectivity index (χ0) is 17.4. The molecule has 124 valence electrons. The molecule has 0 unspecified atom stereocenters. The molecule has 1 aliphatic rings. The molecule has 0 saturated carbocycles. The summed E-state index contributed by atoms with van der Waals surface area (Å²) in [6, 6.07) is 6.67. The van der Waals surface area contributed by atoms with Crippen LogP contribution in [-0.4, -0.2) is 4.98 Å². The Hall–Kier alpha value is -1.93. The van der Waals surface area contributed by atoms with Crippen molar-refractivity contribution in [2.45, 2.75) is 47.0 Å². The molecule has 24 heavy (non-hydrogen) atoms. The van der Waals surface area contributed by atoms with E-state index in [2.05, 4.69) is 70.9 Å². The number of benzene rings is 1. The highest BCUT2D eigenvalue weighted by molar-refractivity contribution is 7.10. The zero-order valence-electron chi connectivity index (χ0n) is 15.2. The molecule has 1 aromatic carbocycles. The Kier molecular flexibility index (Phi) is 4.60. The molecule has 0 bridgehead atoms. The van der Waals surface area contributed by atoms with Crippen LogP contribution in [-0.2, 0) is 6.42 Å². The summed E-state index contributed by atoms with van der Waals surface area (Å²) in [7, 11) is 0. The van der Waals surface area contributed by atoms with Crippen LogP contribution in [0.5, 0.6) is 0 Å². The number of aryl methyl sites for hydroxylation is 1. The van der Waals surface area contributed by atoms with Crippen LogP contribution in [0, 0.1) is 6.92 Å². The Bertz CT molecular complexity index is 862. The minimum absolute atomic E-state index is 0.481. The number of aromatic nitrogens is 1. The SMILES string of the molecule is C=C1/C(=C(C)\C=C(/C)c2nc(C(C)C)cs2)Cc2cc(C)ccc21. The number of rotatable bonds is 3. The van der Waals surface area contributed by atoms with Crippen molar-refractivity contribution in [3.05, 3.63) is 74.8 Å². The van der Waals surface area contributed by atoms with Crippen molar-refractivity contribution >= 4 is 22.5 Å². The fraction of sp³-hybridized carbons (Fsp3) is 0.318. The monoisotopic (exact) mass is 335 g/mol. The lowest BCUT2D eigenvalue weighted by Crippen LogP contribution is -1.89. The highest BCUT2D eigenvalue weighted by Crippen LogP contribution is 2.38. The summed E-state index contributed by atoms with van der Waals surface area (Å²) in [6.07, 6.45) is 3.25. The van der Waals surface area contributed by atoms with Gasteiger partial charge in [-0.2, -0.15) is 0 Å². The van der Waals surface area contributed by atoms with Crippen LogP contribution in [0.25, 0.3) is 11.1 Å². The first-order valence-electron chi connectivity index (χ1n) is 8.50. The molecule has 0 saturated heterocycles. The Morgan fingerprint density at radius 3 is 2.71 bits per heavy atom. The molecule has 3 rings (SSSR count). The highest BCUT2D eigenvalue weighted by Gasteiger charge is 2.21. The van der Waals surface area contributed by atoms with Gasteiger partial charge in [0, 0.05) is 5.38 Å². The number of thiazole rings is 1. The fourth-order valence-corrected chi connectivity index (χ4v) is 4.17. The summed E-state index contributed by atoms with van der Waals surface area (Å²) < 4.78 is 0. The molecule has 0 amide bonds. The predicted molar refractivity (Wildman–Crippen MR) is 106 cm³/mol. The summed E-state index contributed by atoms with van der Waals surface area (Å²) >= 11 is 1.74. The van der Waals surface area contributed by atoms with E-state index in [0.29, 0.717) is 5.92 Å². The number of hydrogen-bond donors (Lipinski definition) is 0. The fourth-order valence-electron chi connectivity index (χ4n) is 3.21. The summed E-state index contributed by atoms with van der Waals surface area (Å²) in [4.78, 5) is 4.76. The third-order valence-electron chi connectivity index (χ3n) is 4.68. The van der Waals surface area contributed by atoms with Crippen molar-refractivity contribution in [3.63, 3.8) is 0 Å². The van der Waals surface area contributed by atoms with E-state index in [9.17, 15) is 0 Å². The molecular formula is C22H25NS. The Morgan fingerprint density at radius 2 is 2.04 bits per heavy atom. The van der Waals surface area contributed by atoms with E-state index in [0.717, 1.165) is 11.4 Å². The summed E-state index contributed by atoms with van der Waals surface area (Å²) in [5.74, 6) is 0.481. The number of hydrogen-bond acceptors (Lipinski definition) is 2. The lowest BCUT2D eigenvalue weighted by atomic mass is 10.0. The van der Waals surface area contributed by atoms with Crippen LogP contribution in [0.3, 0.4) is 0 Å². The maximum Gasteiger partial charge on any atom is 0.119 e. The smallest absolute Gasteiger partial charge is 0.119 e. The Morgan fingerprint density at radius 1 is 1.29 bits per heavy atom. The van der Waals surface area contributed by atoms with Gasteiger partial charge in [-0.05, 0) is 66.5 Å². The topological polar surface area (TPSA) is 12.9 Å². The van der Waals surface area contributed by atoms with Gasteiger partial charge in [0.1, 0.15) is 5.01 Å². The second-order valence-corrected chi connectivity index (χ2v) is 7.90. The molecular weight excluding hydrogens is 310 g/mol. The minimum Gasteiger partial charge on any atom is -0.241 e. The number of fused-ring (bicyclic) bond motifs is 1. The van der Waals surface area contributed by atoms with Crippen molar-refractivity contribution in [1.82, 2.24) is 4.98 Å². The van der Waals surface area contributed by atoms with Crippen molar-refractivity contribution in [3.8, 4) is 0 Å². The molecule has 1 aromatic heterocycles. The van der Waals surface area contributed by atoms with Crippen LogP contribution in [0.4, 0.5) is 0 Å². The largest absolute Gasteiger partial charge is 0.241 e.